The zero-order chi connectivity index (χ0) is 17.4. The van der Waals surface area contributed by atoms with Crippen LogP contribution in [0, 0.1) is 6.92 Å². The Kier molecular flexibility index (Phi) is 3.71. The van der Waals surface area contributed by atoms with Crippen molar-refractivity contribution in [2.24, 2.45) is 0 Å². The van der Waals surface area contributed by atoms with E-state index in [0.29, 0.717) is 43.9 Å². The van der Waals surface area contributed by atoms with Gasteiger partial charge in [-0.1, -0.05) is 12.1 Å². The summed E-state index contributed by atoms with van der Waals surface area (Å²) in [5.74, 6) is 1.47. The van der Waals surface area contributed by atoms with E-state index >= 15 is 0 Å². The summed E-state index contributed by atoms with van der Waals surface area (Å²) in [5.41, 5.74) is 0.953. The maximum atomic E-state index is 11.2. The number of para-hydroxylation sites is 1. The number of aromatic hydroxyl groups is 1. The lowest BCUT2D eigenvalue weighted by atomic mass is 9.92. The number of carbonyl (C=O) groups excluding carboxylic acids is 1. The first-order valence-corrected chi connectivity index (χ1v) is 8.29. The molecule has 1 spiro atoms. The first-order valence-electron chi connectivity index (χ1n) is 8.29. The van der Waals surface area contributed by atoms with Crippen LogP contribution in [0.4, 0.5) is 10.6 Å². The zero-order valence-corrected chi connectivity index (χ0v) is 13.9. The van der Waals surface area contributed by atoms with Crippen molar-refractivity contribution in [2.45, 2.75) is 25.4 Å². The van der Waals surface area contributed by atoms with Crippen molar-refractivity contribution in [3.8, 4) is 17.1 Å². The third kappa shape index (κ3) is 2.97. The smallest absolute Gasteiger partial charge is 0.507 e. The van der Waals surface area contributed by atoms with Gasteiger partial charge in [-0.3, -0.25) is 0 Å². The van der Waals surface area contributed by atoms with Gasteiger partial charge in [0.1, 0.15) is 18.2 Å². The van der Waals surface area contributed by atoms with Gasteiger partial charge < -0.3 is 19.5 Å². The minimum Gasteiger partial charge on any atom is -0.507 e. The number of carbonyl (C=O) groups is 1. The molecule has 0 radical (unpaired) electrons. The molecule has 1 aromatic carbocycles. The van der Waals surface area contributed by atoms with Gasteiger partial charge in [0, 0.05) is 37.7 Å². The molecular weight excluding hydrogens is 322 g/mol. The van der Waals surface area contributed by atoms with E-state index in [9.17, 15) is 9.90 Å². The van der Waals surface area contributed by atoms with E-state index in [1.165, 1.54) is 0 Å². The monoisotopic (exact) mass is 341 g/mol. The van der Waals surface area contributed by atoms with Crippen LogP contribution >= 0.6 is 0 Å². The summed E-state index contributed by atoms with van der Waals surface area (Å²) in [4.78, 5) is 22.5. The molecule has 0 amide bonds. The number of hydrogen-bond donors (Lipinski definition) is 1. The molecule has 2 aliphatic heterocycles. The lowest BCUT2D eigenvalue weighted by Gasteiger charge is -2.37. The Labute approximate surface area is 145 Å². The molecule has 0 unspecified atom stereocenters. The normalized spacial score (nSPS) is 18.9. The lowest BCUT2D eigenvalue weighted by molar-refractivity contribution is 0.0366. The molecule has 1 N–H and O–H groups in total. The predicted molar refractivity (Wildman–Crippen MR) is 90.5 cm³/mol. The number of aryl methyl sites for hydroxylation is 1. The minimum atomic E-state index is -0.576. The number of aromatic nitrogens is 2. The number of cyclic esters (lactones) is 1. The highest BCUT2D eigenvalue weighted by Crippen LogP contribution is 2.34. The summed E-state index contributed by atoms with van der Waals surface area (Å²) in [6.07, 6.45) is 0.828. The first-order chi connectivity index (χ1) is 12.0. The Morgan fingerprint density at radius 3 is 2.64 bits per heavy atom. The summed E-state index contributed by atoms with van der Waals surface area (Å²) in [7, 11) is 0. The maximum absolute atomic E-state index is 11.2. The molecule has 1 aromatic heterocycles. The second kappa shape index (κ2) is 5.91. The van der Waals surface area contributed by atoms with Gasteiger partial charge in [0.15, 0.2) is 11.4 Å². The molecule has 3 heterocycles. The van der Waals surface area contributed by atoms with Crippen molar-refractivity contribution in [1.29, 1.82) is 0 Å². The van der Waals surface area contributed by atoms with Crippen molar-refractivity contribution >= 4 is 12.0 Å². The Bertz CT molecular complexity index is 816. The van der Waals surface area contributed by atoms with E-state index in [-0.39, 0.29) is 5.75 Å². The number of anilines is 1. The molecule has 2 fully saturated rings. The average Bonchev–Trinajstić information content (AvgIpc) is 2.96. The Morgan fingerprint density at radius 2 is 1.96 bits per heavy atom. The molecule has 0 aliphatic carbocycles. The number of benzene rings is 1. The Hall–Kier alpha value is -2.83. The van der Waals surface area contributed by atoms with Gasteiger partial charge in [-0.05, 0) is 19.1 Å². The quantitative estimate of drug-likeness (QED) is 0.841. The number of phenols is 1. The van der Waals surface area contributed by atoms with Crippen molar-refractivity contribution in [3.63, 3.8) is 0 Å². The van der Waals surface area contributed by atoms with Crippen LogP contribution in [0.2, 0.25) is 0 Å². The molecule has 2 aromatic rings. The van der Waals surface area contributed by atoms with Crippen LogP contribution < -0.4 is 4.90 Å². The molecule has 7 heteroatoms. The number of piperidine rings is 1. The second-order valence-electron chi connectivity index (χ2n) is 6.52. The van der Waals surface area contributed by atoms with Gasteiger partial charge in [0.25, 0.3) is 0 Å². The fourth-order valence-electron chi connectivity index (χ4n) is 3.31. The van der Waals surface area contributed by atoms with E-state index in [1.807, 2.05) is 19.1 Å². The van der Waals surface area contributed by atoms with Crippen LogP contribution in [0.25, 0.3) is 11.4 Å². The Morgan fingerprint density at radius 1 is 1.20 bits per heavy atom. The van der Waals surface area contributed by atoms with Gasteiger partial charge >= 0.3 is 6.16 Å². The summed E-state index contributed by atoms with van der Waals surface area (Å²) >= 11 is 0. The Balaban J connectivity index is 1.58. The van der Waals surface area contributed by atoms with Crippen molar-refractivity contribution in [2.75, 3.05) is 24.6 Å². The SMILES string of the molecule is Cc1cc(N2CCC3(CC2)COC(=O)O3)nc(-c2ccccc2O)n1. The summed E-state index contributed by atoms with van der Waals surface area (Å²) in [6.45, 7) is 3.67. The first kappa shape index (κ1) is 15.7. The van der Waals surface area contributed by atoms with Gasteiger partial charge in [-0.25, -0.2) is 14.8 Å². The third-order valence-corrected chi connectivity index (χ3v) is 4.74. The van der Waals surface area contributed by atoms with Crippen LogP contribution in [0.15, 0.2) is 30.3 Å². The van der Waals surface area contributed by atoms with Gasteiger partial charge in [0.2, 0.25) is 0 Å². The summed E-state index contributed by atoms with van der Waals surface area (Å²) < 4.78 is 10.3. The molecular formula is C18H19N3O4. The van der Waals surface area contributed by atoms with Crippen molar-refractivity contribution < 1.29 is 19.4 Å². The fourth-order valence-corrected chi connectivity index (χ4v) is 3.31. The largest absolute Gasteiger partial charge is 0.509 e. The summed E-state index contributed by atoms with van der Waals surface area (Å²) in [6, 6.07) is 8.97. The van der Waals surface area contributed by atoms with Gasteiger partial charge in [0.05, 0.1) is 5.56 Å². The topological polar surface area (TPSA) is 84.8 Å². The second-order valence-corrected chi connectivity index (χ2v) is 6.52. The van der Waals surface area contributed by atoms with Crippen molar-refractivity contribution in [3.05, 3.63) is 36.0 Å². The number of ether oxygens (including phenoxy) is 2. The average molecular weight is 341 g/mol. The van der Waals surface area contributed by atoms with Gasteiger partial charge in [-0.2, -0.15) is 0 Å². The lowest BCUT2D eigenvalue weighted by Crippen LogP contribution is -2.46. The van der Waals surface area contributed by atoms with Crippen LogP contribution in [0.5, 0.6) is 5.75 Å². The summed E-state index contributed by atoms with van der Waals surface area (Å²) in [5, 5.41) is 10.1. The molecule has 2 aliphatic rings. The van der Waals surface area contributed by atoms with E-state index < -0.39 is 11.8 Å². The van der Waals surface area contributed by atoms with Crippen molar-refractivity contribution in [1.82, 2.24) is 9.97 Å². The molecule has 0 bridgehead atoms. The number of rotatable bonds is 2. The van der Waals surface area contributed by atoms with Crippen LogP contribution in [-0.4, -0.2) is 46.5 Å². The van der Waals surface area contributed by atoms with E-state index in [2.05, 4.69) is 14.9 Å². The minimum absolute atomic E-state index is 0.159. The molecule has 4 rings (SSSR count). The van der Waals surface area contributed by atoms with E-state index in [1.54, 1.807) is 18.2 Å². The fraction of sp³-hybridized carbons (Fsp3) is 0.389. The highest BCUT2D eigenvalue weighted by molar-refractivity contribution is 5.65. The molecule has 0 saturated carbocycles. The van der Waals surface area contributed by atoms with E-state index in [0.717, 1.165) is 11.5 Å². The van der Waals surface area contributed by atoms with E-state index in [4.69, 9.17) is 9.47 Å². The standard InChI is InChI=1S/C18H19N3O4/c1-12-10-15(20-16(19-12)13-4-2-3-5-14(13)22)21-8-6-18(7-9-21)11-24-17(23)25-18/h2-5,10,22H,6-9,11H2,1H3. The van der Waals surface area contributed by atoms with Gasteiger partial charge in [-0.15, -0.1) is 0 Å². The van der Waals surface area contributed by atoms with Crippen LogP contribution in [-0.2, 0) is 9.47 Å². The number of hydrogen-bond acceptors (Lipinski definition) is 7. The zero-order valence-electron chi connectivity index (χ0n) is 13.9. The predicted octanol–water partition coefficient (Wildman–Crippen LogP) is 2.66. The molecule has 0 atom stereocenters. The van der Waals surface area contributed by atoms with Crippen LogP contribution in [0.3, 0.4) is 0 Å². The number of phenolic OH excluding ortho intramolecular Hbond substituents is 1. The third-order valence-electron chi connectivity index (χ3n) is 4.74. The molecule has 25 heavy (non-hydrogen) atoms. The molecule has 2 saturated heterocycles. The highest BCUT2D eigenvalue weighted by Gasteiger charge is 2.44. The number of nitrogens with zero attached hydrogens (tertiary/aromatic N) is 3. The molecule has 7 nitrogen and oxygen atoms in total. The highest BCUT2D eigenvalue weighted by atomic mass is 16.8. The maximum Gasteiger partial charge on any atom is 0.509 e. The molecule has 130 valence electrons. The van der Waals surface area contributed by atoms with Crippen LogP contribution in [0.1, 0.15) is 18.5 Å².